The molecule has 2 heterocycles. The van der Waals surface area contributed by atoms with Crippen LogP contribution in [0.15, 0.2) is 79.0 Å². The third kappa shape index (κ3) is 6.84. The number of hydrogen-bond acceptors (Lipinski definition) is 4. The first-order valence-electron chi connectivity index (χ1n) is 13.6. The molecule has 1 saturated heterocycles. The highest BCUT2D eigenvalue weighted by molar-refractivity contribution is 5.96. The van der Waals surface area contributed by atoms with E-state index < -0.39 is 51.8 Å². The Kier molecular flexibility index (Phi) is 8.41. The molecule has 3 aromatic carbocycles. The number of carbonyl (C=O) groups is 2. The van der Waals surface area contributed by atoms with Gasteiger partial charge in [0.15, 0.2) is 0 Å². The quantitative estimate of drug-likeness (QED) is 0.111. The maximum absolute atomic E-state index is 13.7. The number of halogens is 6. The Morgan fingerprint density at radius 3 is 2.24 bits per heavy atom. The van der Waals surface area contributed by atoms with Crippen LogP contribution in [-0.2, 0) is 23.6 Å². The minimum Gasteiger partial charge on any atom is -0.361 e. The summed E-state index contributed by atoms with van der Waals surface area (Å²) in [5, 5.41) is 12.1. The van der Waals surface area contributed by atoms with Crippen molar-refractivity contribution >= 4 is 34.5 Å². The minimum atomic E-state index is -5.13. The lowest BCUT2D eigenvalue weighted by molar-refractivity contribution is -0.385. The van der Waals surface area contributed by atoms with Crippen LogP contribution in [0, 0.1) is 10.1 Å². The third-order valence-electron chi connectivity index (χ3n) is 7.56. The number of piperazine rings is 1. The molecule has 14 heteroatoms. The Morgan fingerprint density at radius 1 is 0.933 bits per heavy atom. The van der Waals surface area contributed by atoms with Crippen molar-refractivity contribution in [3.05, 3.63) is 117 Å². The van der Waals surface area contributed by atoms with Gasteiger partial charge in [-0.1, -0.05) is 30.3 Å². The van der Waals surface area contributed by atoms with Crippen molar-refractivity contribution in [2.45, 2.75) is 24.8 Å². The number of hydrogen-bond donors (Lipinski definition) is 1. The number of H-pyrrole nitrogens is 1. The summed E-state index contributed by atoms with van der Waals surface area (Å²) in [5.74, 6) is -1.58. The maximum Gasteiger partial charge on any atom is 0.416 e. The van der Waals surface area contributed by atoms with Gasteiger partial charge in [-0.2, -0.15) is 26.3 Å². The van der Waals surface area contributed by atoms with Gasteiger partial charge in [0, 0.05) is 54.4 Å². The first-order valence-corrected chi connectivity index (χ1v) is 13.6. The highest BCUT2D eigenvalue weighted by Crippen LogP contribution is 2.37. The number of nitro benzene ring substituents is 1. The van der Waals surface area contributed by atoms with Crippen molar-refractivity contribution in [2.75, 3.05) is 19.6 Å². The van der Waals surface area contributed by atoms with E-state index >= 15 is 0 Å². The summed E-state index contributed by atoms with van der Waals surface area (Å²) in [5.41, 5.74) is -2.53. The number of nitro groups is 1. The lowest BCUT2D eigenvalue weighted by atomic mass is 9.98. The zero-order valence-electron chi connectivity index (χ0n) is 23.2. The van der Waals surface area contributed by atoms with Crippen molar-refractivity contribution in [1.29, 1.82) is 0 Å². The SMILES string of the molecule is O=C(/C=C/c1ccccc1[N+](=O)[O-])N1CCN(C(=O)c2cc(C(F)(F)F)cc(C(F)(F)F)c2)[C@H](Cc2c[nH]c3ccccc23)C1. The summed E-state index contributed by atoms with van der Waals surface area (Å²) in [6.07, 6.45) is -6.03. The van der Waals surface area contributed by atoms with Crippen LogP contribution < -0.4 is 0 Å². The number of carbonyl (C=O) groups excluding carboxylic acids is 2. The second-order valence-corrected chi connectivity index (χ2v) is 10.4. The van der Waals surface area contributed by atoms with Gasteiger partial charge in [0.05, 0.1) is 27.7 Å². The first-order chi connectivity index (χ1) is 21.2. The van der Waals surface area contributed by atoms with Crippen LogP contribution in [0.3, 0.4) is 0 Å². The van der Waals surface area contributed by atoms with Crippen LogP contribution in [0.5, 0.6) is 0 Å². The van der Waals surface area contributed by atoms with Gasteiger partial charge in [-0.05, 0) is 48.4 Å². The Hall–Kier alpha value is -5.14. The zero-order chi connectivity index (χ0) is 32.5. The summed E-state index contributed by atoms with van der Waals surface area (Å²) < 4.78 is 81.2. The highest BCUT2D eigenvalue weighted by Gasteiger charge is 2.39. The third-order valence-corrected chi connectivity index (χ3v) is 7.56. The van der Waals surface area contributed by atoms with Crippen molar-refractivity contribution in [1.82, 2.24) is 14.8 Å². The molecule has 0 unspecified atom stereocenters. The molecule has 5 rings (SSSR count). The molecule has 1 N–H and O–H groups in total. The number of nitrogens with one attached hydrogen (secondary N) is 1. The maximum atomic E-state index is 13.7. The molecule has 1 aromatic heterocycles. The Bertz CT molecular complexity index is 1760. The number of amides is 2. The average molecular weight is 631 g/mol. The predicted octanol–water partition coefficient (Wildman–Crippen LogP) is 6.72. The summed E-state index contributed by atoms with van der Waals surface area (Å²) in [6, 6.07) is 12.9. The van der Waals surface area contributed by atoms with Crippen molar-refractivity contribution in [3.8, 4) is 0 Å². The fourth-order valence-electron chi connectivity index (χ4n) is 5.36. The molecule has 1 fully saturated rings. The van der Waals surface area contributed by atoms with E-state index in [9.17, 15) is 46.0 Å². The second kappa shape index (κ2) is 12.1. The largest absolute Gasteiger partial charge is 0.416 e. The van der Waals surface area contributed by atoms with Crippen LogP contribution in [0.4, 0.5) is 32.0 Å². The van der Waals surface area contributed by atoms with E-state index in [1.807, 2.05) is 12.1 Å². The van der Waals surface area contributed by atoms with Crippen molar-refractivity contribution in [2.24, 2.45) is 0 Å². The molecule has 45 heavy (non-hydrogen) atoms. The van der Waals surface area contributed by atoms with E-state index in [1.54, 1.807) is 24.4 Å². The zero-order valence-corrected chi connectivity index (χ0v) is 23.2. The fraction of sp³-hybridized carbons (Fsp3) is 0.226. The van der Waals surface area contributed by atoms with E-state index in [0.717, 1.165) is 22.5 Å². The van der Waals surface area contributed by atoms with E-state index in [2.05, 4.69) is 4.98 Å². The molecule has 0 bridgehead atoms. The van der Waals surface area contributed by atoms with Gasteiger partial charge in [0.1, 0.15) is 0 Å². The van der Waals surface area contributed by atoms with Crippen LogP contribution >= 0.6 is 0 Å². The number of fused-ring (bicyclic) bond motifs is 1. The van der Waals surface area contributed by atoms with Gasteiger partial charge in [0.2, 0.25) is 5.91 Å². The fourth-order valence-corrected chi connectivity index (χ4v) is 5.36. The molecular weight excluding hydrogens is 606 g/mol. The monoisotopic (exact) mass is 630 g/mol. The lowest BCUT2D eigenvalue weighted by Crippen LogP contribution is -2.57. The molecule has 1 aliphatic heterocycles. The van der Waals surface area contributed by atoms with Gasteiger partial charge >= 0.3 is 12.4 Å². The molecule has 0 saturated carbocycles. The van der Waals surface area contributed by atoms with E-state index in [0.29, 0.717) is 12.1 Å². The molecule has 234 valence electrons. The number of aromatic nitrogens is 1. The molecule has 2 amide bonds. The molecule has 8 nitrogen and oxygen atoms in total. The molecule has 1 aliphatic rings. The Labute approximate surface area is 251 Å². The number of alkyl halides is 6. The number of benzene rings is 3. The first kappa shape index (κ1) is 31.3. The average Bonchev–Trinajstić information content (AvgIpc) is 3.41. The number of para-hydroxylation sites is 2. The van der Waals surface area contributed by atoms with Crippen LogP contribution in [0.25, 0.3) is 17.0 Å². The molecule has 4 aromatic rings. The molecule has 0 radical (unpaired) electrons. The van der Waals surface area contributed by atoms with Gasteiger partial charge in [-0.3, -0.25) is 19.7 Å². The number of aromatic amines is 1. The Balaban J connectivity index is 1.47. The molecular formula is C31H24F6N4O4. The number of nitrogens with zero attached hydrogens (tertiary/aromatic N) is 3. The van der Waals surface area contributed by atoms with E-state index in [4.69, 9.17) is 0 Å². The van der Waals surface area contributed by atoms with Gasteiger partial charge in [0.25, 0.3) is 11.6 Å². The molecule has 0 aliphatic carbocycles. The van der Waals surface area contributed by atoms with Crippen molar-refractivity contribution < 1.29 is 40.9 Å². The van der Waals surface area contributed by atoms with Crippen molar-refractivity contribution in [3.63, 3.8) is 0 Å². The van der Waals surface area contributed by atoms with Gasteiger partial charge in [-0.15, -0.1) is 0 Å². The van der Waals surface area contributed by atoms with E-state index in [1.165, 1.54) is 34.1 Å². The topological polar surface area (TPSA) is 99.5 Å². The molecule has 1 atom stereocenters. The highest BCUT2D eigenvalue weighted by atomic mass is 19.4. The number of rotatable bonds is 6. The van der Waals surface area contributed by atoms with Crippen LogP contribution in [0.2, 0.25) is 0 Å². The van der Waals surface area contributed by atoms with E-state index in [-0.39, 0.29) is 43.4 Å². The smallest absolute Gasteiger partial charge is 0.361 e. The normalized spacial score (nSPS) is 16.0. The van der Waals surface area contributed by atoms with Crippen LogP contribution in [0.1, 0.15) is 32.6 Å². The van der Waals surface area contributed by atoms with Crippen LogP contribution in [-0.4, -0.2) is 57.2 Å². The summed E-state index contributed by atoms with van der Waals surface area (Å²) in [4.78, 5) is 43.2. The van der Waals surface area contributed by atoms with Gasteiger partial charge in [-0.25, -0.2) is 0 Å². The minimum absolute atomic E-state index is 0.0414. The Morgan fingerprint density at radius 2 is 1.58 bits per heavy atom. The van der Waals surface area contributed by atoms with Gasteiger partial charge < -0.3 is 14.8 Å². The summed E-state index contributed by atoms with van der Waals surface area (Å²) in [6.45, 7) is -0.369. The standard InChI is InChI=1S/C31H24F6N4O4/c32-30(33,34)22-13-20(14-23(16-22)31(35,36)37)29(43)40-12-11-39(28(42)10-9-19-5-1-4-8-27(19)41(44)45)18-24(40)15-21-17-38-26-7-3-2-6-25(21)26/h1-10,13-14,16-17,24,38H,11-12,15,18H2/b10-9+/t24-/m1/s1. The second-order valence-electron chi connectivity index (χ2n) is 10.4. The lowest BCUT2D eigenvalue weighted by Gasteiger charge is -2.41. The molecule has 0 spiro atoms. The summed E-state index contributed by atoms with van der Waals surface area (Å²) >= 11 is 0. The summed E-state index contributed by atoms with van der Waals surface area (Å²) in [7, 11) is 0. The predicted molar refractivity (Wildman–Crippen MR) is 152 cm³/mol.